The predicted molar refractivity (Wildman–Crippen MR) is 58.3 cm³/mol. The van der Waals surface area contributed by atoms with Crippen LogP contribution in [0.15, 0.2) is 18.5 Å². The van der Waals surface area contributed by atoms with Crippen LogP contribution in [0.5, 0.6) is 0 Å². The molecule has 2 aromatic heterocycles. The molecule has 0 aliphatic heterocycles. The third-order valence-corrected chi connectivity index (χ3v) is 2.28. The van der Waals surface area contributed by atoms with Gasteiger partial charge in [-0.15, -0.1) is 10.2 Å². The van der Waals surface area contributed by atoms with Crippen molar-refractivity contribution < 1.29 is 0 Å². The van der Waals surface area contributed by atoms with E-state index in [4.69, 9.17) is 0 Å². The Labute approximate surface area is 93.7 Å². The highest BCUT2D eigenvalue weighted by Gasteiger charge is 2.01. The zero-order chi connectivity index (χ0) is 11.4. The van der Waals surface area contributed by atoms with Gasteiger partial charge in [0.05, 0.1) is 13.6 Å². The lowest BCUT2D eigenvalue weighted by Crippen LogP contribution is -2.14. The molecule has 0 aliphatic carbocycles. The lowest BCUT2D eigenvalue weighted by Gasteiger charge is -2.04. The van der Waals surface area contributed by atoms with E-state index in [9.17, 15) is 0 Å². The zero-order valence-electron chi connectivity index (χ0n) is 9.38. The van der Waals surface area contributed by atoms with Gasteiger partial charge in [0, 0.05) is 18.9 Å². The van der Waals surface area contributed by atoms with Gasteiger partial charge in [0.25, 0.3) is 0 Å². The minimum atomic E-state index is 0.621. The first-order valence-electron chi connectivity index (χ1n) is 5.09. The van der Waals surface area contributed by atoms with E-state index in [1.165, 1.54) is 15.9 Å². The van der Waals surface area contributed by atoms with E-state index in [-0.39, 0.29) is 0 Å². The first-order chi connectivity index (χ1) is 7.75. The van der Waals surface area contributed by atoms with Crippen molar-refractivity contribution in [3.63, 3.8) is 0 Å². The van der Waals surface area contributed by atoms with Crippen molar-refractivity contribution in [1.82, 2.24) is 30.5 Å². The molecular formula is C10H14N6. The molecule has 0 aliphatic rings. The molecule has 0 atom stereocenters. The molecule has 0 unspecified atom stereocenters. The van der Waals surface area contributed by atoms with E-state index in [0.717, 1.165) is 6.54 Å². The number of tetrazole rings is 1. The van der Waals surface area contributed by atoms with Crippen LogP contribution in [0.1, 0.15) is 17.0 Å². The Kier molecular flexibility index (Phi) is 3.21. The molecule has 0 radical (unpaired) electrons. The molecule has 0 bridgehead atoms. The quantitative estimate of drug-likeness (QED) is 0.794. The molecule has 0 fully saturated rings. The highest BCUT2D eigenvalue weighted by Crippen LogP contribution is 2.04. The molecule has 16 heavy (non-hydrogen) atoms. The van der Waals surface area contributed by atoms with Gasteiger partial charge in [0.1, 0.15) is 0 Å². The van der Waals surface area contributed by atoms with Gasteiger partial charge >= 0.3 is 0 Å². The summed E-state index contributed by atoms with van der Waals surface area (Å²) >= 11 is 0. The molecule has 1 N–H and O–H groups in total. The van der Waals surface area contributed by atoms with Crippen LogP contribution in [0.4, 0.5) is 0 Å². The predicted octanol–water partition coefficient (Wildman–Crippen LogP) is 0.203. The first kappa shape index (κ1) is 10.7. The van der Waals surface area contributed by atoms with Gasteiger partial charge in [-0.3, -0.25) is 4.98 Å². The molecule has 0 spiro atoms. The van der Waals surface area contributed by atoms with Gasteiger partial charge < -0.3 is 5.32 Å². The average Bonchev–Trinajstić information content (AvgIpc) is 2.67. The lowest BCUT2D eigenvalue weighted by molar-refractivity contribution is 0.619. The minimum absolute atomic E-state index is 0.621. The smallest absolute Gasteiger partial charge is 0.188 e. The van der Waals surface area contributed by atoms with E-state index in [1.807, 2.05) is 19.2 Å². The normalized spacial score (nSPS) is 10.6. The van der Waals surface area contributed by atoms with Crippen molar-refractivity contribution in [3.8, 4) is 0 Å². The Morgan fingerprint density at radius 2 is 2.25 bits per heavy atom. The summed E-state index contributed by atoms with van der Waals surface area (Å²) in [6, 6.07) is 2.01. The number of hydrogen-bond donors (Lipinski definition) is 1. The van der Waals surface area contributed by atoms with Crippen molar-refractivity contribution >= 4 is 0 Å². The first-order valence-corrected chi connectivity index (χ1v) is 5.09. The fraction of sp³-hybridized carbons (Fsp3) is 0.400. The largest absolute Gasteiger partial charge is 0.306 e. The van der Waals surface area contributed by atoms with E-state index in [1.54, 1.807) is 13.2 Å². The van der Waals surface area contributed by atoms with Crippen LogP contribution in [-0.4, -0.2) is 25.2 Å². The topological polar surface area (TPSA) is 68.5 Å². The number of aromatic nitrogens is 5. The third kappa shape index (κ3) is 2.60. The fourth-order valence-electron chi connectivity index (χ4n) is 1.40. The van der Waals surface area contributed by atoms with Gasteiger partial charge in [-0.1, -0.05) is 0 Å². The van der Waals surface area contributed by atoms with Crippen LogP contribution in [0, 0.1) is 6.92 Å². The van der Waals surface area contributed by atoms with E-state index in [2.05, 4.69) is 25.7 Å². The molecule has 6 nitrogen and oxygen atoms in total. The van der Waals surface area contributed by atoms with Gasteiger partial charge in [-0.2, -0.15) is 4.80 Å². The van der Waals surface area contributed by atoms with Crippen molar-refractivity contribution in [2.24, 2.45) is 7.05 Å². The van der Waals surface area contributed by atoms with Crippen molar-refractivity contribution in [2.75, 3.05) is 0 Å². The SMILES string of the molecule is Cc1cnccc1CNCc1nnn(C)n1. The maximum atomic E-state index is 4.08. The number of nitrogens with one attached hydrogen (secondary N) is 1. The highest BCUT2D eigenvalue weighted by atomic mass is 15.6. The summed E-state index contributed by atoms with van der Waals surface area (Å²) in [5, 5.41) is 15.0. The number of hydrogen-bond acceptors (Lipinski definition) is 5. The fourth-order valence-corrected chi connectivity index (χ4v) is 1.40. The van der Waals surface area contributed by atoms with Crippen LogP contribution in [0.2, 0.25) is 0 Å². The van der Waals surface area contributed by atoms with Crippen LogP contribution in [-0.2, 0) is 20.1 Å². The van der Waals surface area contributed by atoms with Crippen LogP contribution < -0.4 is 5.32 Å². The molecule has 2 heterocycles. The van der Waals surface area contributed by atoms with Gasteiger partial charge in [-0.25, -0.2) is 0 Å². The van der Waals surface area contributed by atoms with Gasteiger partial charge in [0.15, 0.2) is 5.82 Å². The summed E-state index contributed by atoms with van der Waals surface area (Å²) < 4.78 is 0. The summed E-state index contributed by atoms with van der Waals surface area (Å²) in [6.45, 7) is 3.45. The molecule has 84 valence electrons. The van der Waals surface area contributed by atoms with Gasteiger partial charge in [0.2, 0.25) is 0 Å². The van der Waals surface area contributed by atoms with E-state index >= 15 is 0 Å². The Hall–Kier alpha value is -1.82. The summed E-state index contributed by atoms with van der Waals surface area (Å²) in [5.41, 5.74) is 2.42. The van der Waals surface area contributed by atoms with Crippen LogP contribution in [0.3, 0.4) is 0 Å². The maximum Gasteiger partial charge on any atom is 0.188 e. The summed E-state index contributed by atoms with van der Waals surface area (Å²) in [5.74, 6) is 0.703. The van der Waals surface area contributed by atoms with E-state index < -0.39 is 0 Å². The lowest BCUT2D eigenvalue weighted by atomic mass is 10.1. The van der Waals surface area contributed by atoms with E-state index in [0.29, 0.717) is 12.4 Å². The zero-order valence-corrected chi connectivity index (χ0v) is 9.38. The molecule has 0 saturated heterocycles. The number of nitrogens with zero attached hydrogens (tertiary/aromatic N) is 5. The Morgan fingerprint density at radius 1 is 1.38 bits per heavy atom. The molecule has 0 saturated carbocycles. The van der Waals surface area contributed by atoms with Crippen molar-refractivity contribution in [2.45, 2.75) is 20.0 Å². The minimum Gasteiger partial charge on any atom is -0.306 e. The monoisotopic (exact) mass is 218 g/mol. The molecular weight excluding hydrogens is 204 g/mol. The summed E-state index contributed by atoms with van der Waals surface area (Å²) in [4.78, 5) is 5.50. The number of rotatable bonds is 4. The molecule has 0 amide bonds. The van der Waals surface area contributed by atoms with Gasteiger partial charge in [-0.05, 0) is 29.3 Å². The molecule has 2 aromatic rings. The molecule has 6 heteroatoms. The van der Waals surface area contributed by atoms with Crippen molar-refractivity contribution in [3.05, 3.63) is 35.4 Å². The third-order valence-electron chi connectivity index (χ3n) is 2.28. The Bertz CT molecular complexity index is 464. The standard InChI is InChI=1S/C10H14N6/c1-8-5-11-4-3-9(8)6-12-7-10-13-15-16(2)14-10/h3-5,12H,6-7H2,1-2H3. The maximum absolute atomic E-state index is 4.08. The van der Waals surface area contributed by atoms with Crippen LogP contribution >= 0.6 is 0 Å². The second-order valence-electron chi connectivity index (χ2n) is 3.60. The second kappa shape index (κ2) is 4.80. The Morgan fingerprint density at radius 3 is 2.94 bits per heavy atom. The Balaban J connectivity index is 1.87. The van der Waals surface area contributed by atoms with Crippen molar-refractivity contribution in [1.29, 1.82) is 0 Å². The summed E-state index contributed by atoms with van der Waals surface area (Å²) in [7, 11) is 1.75. The average molecular weight is 218 g/mol. The molecule has 0 aromatic carbocycles. The summed E-state index contributed by atoms with van der Waals surface area (Å²) in [6.07, 6.45) is 3.65. The van der Waals surface area contributed by atoms with Crippen LogP contribution in [0.25, 0.3) is 0 Å². The number of aryl methyl sites for hydroxylation is 2. The number of pyridine rings is 1. The highest BCUT2D eigenvalue weighted by molar-refractivity contribution is 5.21. The second-order valence-corrected chi connectivity index (χ2v) is 3.60. The molecule has 2 rings (SSSR count).